The predicted molar refractivity (Wildman–Crippen MR) is 74.9 cm³/mol. The molecule has 1 N–H and O–H groups in total. The summed E-state index contributed by atoms with van der Waals surface area (Å²) in [7, 11) is 0. The first kappa shape index (κ1) is 14.1. The average Bonchev–Trinajstić information content (AvgIpc) is 2.84. The summed E-state index contributed by atoms with van der Waals surface area (Å²) in [6.45, 7) is 7.12. The van der Waals surface area contributed by atoms with Crippen LogP contribution in [0.2, 0.25) is 0 Å². The summed E-state index contributed by atoms with van der Waals surface area (Å²) in [4.78, 5) is 10.6. The van der Waals surface area contributed by atoms with Crippen LogP contribution in [0.5, 0.6) is 0 Å². The van der Waals surface area contributed by atoms with Crippen molar-refractivity contribution in [3.63, 3.8) is 0 Å². The largest absolute Gasteiger partial charge is 0.311 e. The van der Waals surface area contributed by atoms with Gasteiger partial charge < -0.3 is 5.32 Å². The minimum atomic E-state index is -0.380. The van der Waals surface area contributed by atoms with Gasteiger partial charge >= 0.3 is 0 Å². The highest BCUT2D eigenvalue weighted by molar-refractivity contribution is 5.53. The third kappa shape index (κ3) is 2.83. The molecule has 0 spiro atoms. The number of hydrogen-bond acceptors (Lipinski definition) is 5. The SMILES string of the molecule is CCNCc1cn(-c2cc([N+](=O)[O-])c(C)cc2C)nn1. The lowest BCUT2D eigenvalue weighted by Crippen LogP contribution is -2.11. The Kier molecular flexibility index (Phi) is 4.09. The van der Waals surface area contributed by atoms with Gasteiger partial charge in [0, 0.05) is 18.2 Å². The van der Waals surface area contributed by atoms with Crippen LogP contribution in [0.3, 0.4) is 0 Å². The smallest absolute Gasteiger partial charge is 0.274 e. The summed E-state index contributed by atoms with van der Waals surface area (Å²) < 4.78 is 1.58. The lowest BCUT2D eigenvalue weighted by Gasteiger charge is -2.06. The molecule has 0 saturated carbocycles. The van der Waals surface area contributed by atoms with Crippen molar-refractivity contribution >= 4 is 5.69 Å². The van der Waals surface area contributed by atoms with Crippen LogP contribution in [-0.4, -0.2) is 26.5 Å². The summed E-state index contributed by atoms with van der Waals surface area (Å²) >= 11 is 0. The molecule has 1 aromatic carbocycles. The maximum absolute atomic E-state index is 11.0. The van der Waals surface area contributed by atoms with Gasteiger partial charge in [0.1, 0.15) is 0 Å². The summed E-state index contributed by atoms with van der Waals surface area (Å²) in [5.74, 6) is 0. The summed E-state index contributed by atoms with van der Waals surface area (Å²) in [6.07, 6.45) is 1.78. The average molecular weight is 275 g/mol. The van der Waals surface area contributed by atoms with Crippen LogP contribution in [0, 0.1) is 24.0 Å². The van der Waals surface area contributed by atoms with E-state index in [0.717, 1.165) is 17.8 Å². The molecular formula is C13H17N5O2. The topological polar surface area (TPSA) is 85.9 Å². The van der Waals surface area contributed by atoms with Crippen LogP contribution < -0.4 is 5.32 Å². The number of hydrogen-bond donors (Lipinski definition) is 1. The first-order valence-corrected chi connectivity index (χ1v) is 6.41. The molecule has 0 aliphatic heterocycles. The second-order valence-electron chi connectivity index (χ2n) is 4.62. The van der Waals surface area contributed by atoms with E-state index >= 15 is 0 Å². The highest BCUT2D eigenvalue weighted by Crippen LogP contribution is 2.24. The number of aromatic nitrogens is 3. The second kappa shape index (κ2) is 5.79. The number of benzene rings is 1. The molecule has 0 radical (unpaired) electrons. The predicted octanol–water partition coefficient (Wildman–Crippen LogP) is 1.90. The van der Waals surface area contributed by atoms with Crippen LogP contribution in [0.25, 0.3) is 5.69 Å². The molecule has 0 atom stereocenters. The van der Waals surface area contributed by atoms with E-state index < -0.39 is 0 Å². The van der Waals surface area contributed by atoms with E-state index in [1.807, 2.05) is 13.8 Å². The molecule has 0 aliphatic rings. The van der Waals surface area contributed by atoms with E-state index in [1.54, 1.807) is 23.9 Å². The van der Waals surface area contributed by atoms with Crippen molar-refractivity contribution in [1.82, 2.24) is 20.3 Å². The zero-order valence-electron chi connectivity index (χ0n) is 11.8. The number of nitrogens with zero attached hydrogens (tertiary/aromatic N) is 4. The molecule has 7 nitrogen and oxygen atoms in total. The van der Waals surface area contributed by atoms with Gasteiger partial charge in [0.2, 0.25) is 0 Å². The van der Waals surface area contributed by atoms with Gasteiger partial charge in [-0.2, -0.15) is 0 Å². The molecule has 0 saturated heterocycles. The Hall–Kier alpha value is -2.28. The van der Waals surface area contributed by atoms with Gasteiger partial charge in [0.15, 0.2) is 0 Å². The van der Waals surface area contributed by atoms with E-state index in [9.17, 15) is 10.1 Å². The van der Waals surface area contributed by atoms with Gasteiger partial charge in [0.05, 0.1) is 22.5 Å². The van der Waals surface area contributed by atoms with Crippen LogP contribution in [0.15, 0.2) is 18.3 Å². The van der Waals surface area contributed by atoms with Crippen LogP contribution in [0.4, 0.5) is 5.69 Å². The third-order valence-electron chi connectivity index (χ3n) is 3.05. The van der Waals surface area contributed by atoms with Crippen LogP contribution in [-0.2, 0) is 6.54 Å². The normalized spacial score (nSPS) is 10.8. The van der Waals surface area contributed by atoms with Gasteiger partial charge in [-0.3, -0.25) is 10.1 Å². The number of nitro benzene ring substituents is 1. The maximum Gasteiger partial charge on any atom is 0.274 e. The molecule has 0 fully saturated rings. The number of aryl methyl sites for hydroxylation is 2. The van der Waals surface area contributed by atoms with Gasteiger partial charge in [-0.25, -0.2) is 4.68 Å². The first-order chi connectivity index (χ1) is 9.52. The zero-order chi connectivity index (χ0) is 14.7. The third-order valence-corrected chi connectivity index (χ3v) is 3.05. The van der Waals surface area contributed by atoms with Crippen molar-refractivity contribution in [3.05, 3.63) is 45.3 Å². The van der Waals surface area contributed by atoms with Crippen molar-refractivity contribution in [2.24, 2.45) is 0 Å². The molecule has 1 heterocycles. The quantitative estimate of drug-likeness (QED) is 0.665. The van der Waals surface area contributed by atoms with E-state index in [4.69, 9.17) is 0 Å². The Morgan fingerprint density at radius 3 is 2.75 bits per heavy atom. The van der Waals surface area contributed by atoms with Crippen molar-refractivity contribution < 1.29 is 4.92 Å². The Bertz CT molecular complexity index is 636. The minimum absolute atomic E-state index is 0.0920. The van der Waals surface area contributed by atoms with E-state index in [1.165, 1.54) is 6.07 Å². The zero-order valence-corrected chi connectivity index (χ0v) is 11.8. The van der Waals surface area contributed by atoms with Crippen molar-refractivity contribution in [1.29, 1.82) is 0 Å². The molecule has 0 unspecified atom stereocenters. The minimum Gasteiger partial charge on any atom is -0.311 e. The standard InChI is InChI=1S/C13H17N5O2/c1-4-14-7-11-8-17(16-15-11)12-6-13(18(19)20)10(3)5-9(12)2/h5-6,8,14H,4,7H2,1-3H3. The fraction of sp³-hybridized carbons (Fsp3) is 0.385. The summed E-state index contributed by atoms with van der Waals surface area (Å²) in [5, 5.41) is 22.3. The Balaban J connectivity index is 2.39. The highest BCUT2D eigenvalue weighted by Gasteiger charge is 2.15. The van der Waals surface area contributed by atoms with Crippen LogP contribution in [0.1, 0.15) is 23.7 Å². The Morgan fingerprint density at radius 2 is 2.10 bits per heavy atom. The molecule has 2 aromatic rings. The molecule has 20 heavy (non-hydrogen) atoms. The molecule has 106 valence electrons. The van der Waals surface area contributed by atoms with Crippen LogP contribution >= 0.6 is 0 Å². The molecule has 2 rings (SSSR count). The summed E-state index contributed by atoms with van der Waals surface area (Å²) in [5.41, 5.74) is 3.14. The Labute approximate surface area is 116 Å². The molecule has 1 aromatic heterocycles. The number of nitrogens with one attached hydrogen (secondary N) is 1. The second-order valence-corrected chi connectivity index (χ2v) is 4.62. The molecule has 0 aliphatic carbocycles. The van der Waals surface area contributed by atoms with Gasteiger partial charge in [-0.05, 0) is 32.0 Å². The van der Waals surface area contributed by atoms with Crippen molar-refractivity contribution in [3.8, 4) is 5.69 Å². The molecule has 7 heteroatoms. The first-order valence-electron chi connectivity index (χ1n) is 6.41. The van der Waals surface area contributed by atoms with Gasteiger partial charge in [-0.1, -0.05) is 12.1 Å². The van der Waals surface area contributed by atoms with Gasteiger partial charge in [-0.15, -0.1) is 5.10 Å². The van der Waals surface area contributed by atoms with Crippen molar-refractivity contribution in [2.45, 2.75) is 27.3 Å². The molecular weight excluding hydrogens is 258 g/mol. The van der Waals surface area contributed by atoms with Crippen molar-refractivity contribution in [2.75, 3.05) is 6.54 Å². The molecule has 0 bridgehead atoms. The lowest BCUT2D eigenvalue weighted by molar-refractivity contribution is -0.385. The van der Waals surface area contributed by atoms with E-state index in [0.29, 0.717) is 17.8 Å². The fourth-order valence-corrected chi connectivity index (χ4v) is 2.02. The highest BCUT2D eigenvalue weighted by atomic mass is 16.6. The number of rotatable bonds is 5. The van der Waals surface area contributed by atoms with Gasteiger partial charge in [0.25, 0.3) is 5.69 Å². The molecule has 0 amide bonds. The summed E-state index contributed by atoms with van der Waals surface area (Å²) in [6, 6.07) is 3.33. The van der Waals surface area contributed by atoms with E-state index in [-0.39, 0.29) is 10.6 Å². The maximum atomic E-state index is 11.0. The monoisotopic (exact) mass is 275 g/mol. The van der Waals surface area contributed by atoms with E-state index in [2.05, 4.69) is 15.6 Å². The number of nitro groups is 1. The fourth-order valence-electron chi connectivity index (χ4n) is 2.02. The Morgan fingerprint density at radius 1 is 1.35 bits per heavy atom. The lowest BCUT2D eigenvalue weighted by atomic mass is 10.1.